The van der Waals surface area contributed by atoms with E-state index in [4.69, 9.17) is 9.84 Å². The minimum atomic E-state index is -0.502. The quantitative estimate of drug-likeness (QED) is 0.608. The van der Waals surface area contributed by atoms with Gasteiger partial charge in [0.15, 0.2) is 6.29 Å². The van der Waals surface area contributed by atoms with Crippen LogP contribution in [0.1, 0.15) is 12.8 Å². The van der Waals surface area contributed by atoms with Crippen molar-refractivity contribution in [1.29, 1.82) is 0 Å². The number of aliphatic hydroxyl groups excluding tert-OH is 1. The molecule has 1 N–H and O–H groups in total. The molecule has 0 aromatic rings. The fraction of sp³-hybridized carbons (Fsp3) is 1.00. The van der Waals surface area contributed by atoms with Crippen LogP contribution in [0.2, 0.25) is 0 Å². The molecule has 0 bridgehead atoms. The van der Waals surface area contributed by atoms with Crippen molar-refractivity contribution in [2.24, 2.45) is 0 Å². The maximum atomic E-state index is 8.79. The Morgan fingerprint density at radius 2 is 2.38 bits per heavy atom. The minimum absolute atomic E-state index is 0.241. The average Bonchev–Trinajstić information content (AvgIpc) is 2.14. The fourth-order valence-corrected chi connectivity index (χ4v) is 1.28. The van der Waals surface area contributed by atoms with Gasteiger partial charge in [-0.05, 0) is 6.42 Å². The van der Waals surface area contributed by atoms with Crippen molar-refractivity contribution in [2.45, 2.75) is 25.2 Å². The van der Waals surface area contributed by atoms with E-state index in [1.54, 1.807) is 0 Å². The molecule has 1 saturated heterocycles. The van der Waals surface area contributed by atoms with Crippen molar-refractivity contribution in [3.63, 3.8) is 0 Å². The number of rotatable bonds is 1. The zero-order valence-electron chi connectivity index (χ0n) is 4.51. The Hall–Kier alpha value is 0.400. The first kappa shape index (κ1) is 6.52. The molecular formula is C5H9BrO2. The van der Waals surface area contributed by atoms with Gasteiger partial charge in [0.05, 0.1) is 6.10 Å². The van der Waals surface area contributed by atoms with Crippen LogP contribution in [0.25, 0.3) is 0 Å². The van der Waals surface area contributed by atoms with Gasteiger partial charge in [-0.1, -0.05) is 15.9 Å². The molecule has 0 spiro atoms. The average molecular weight is 181 g/mol. The lowest BCUT2D eigenvalue weighted by Crippen LogP contribution is -2.10. The third kappa shape index (κ3) is 1.44. The molecule has 3 heteroatoms. The maximum absolute atomic E-state index is 8.79. The summed E-state index contributed by atoms with van der Waals surface area (Å²) in [5.74, 6) is 0. The van der Waals surface area contributed by atoms with Crippen molar-refractivity contribution in [2.75, 3.05) is 5.33 Å². The molecule has 48 valence electrons. The molecule has 0 aliphatic carbocycles. The van der Waals surface area contributed by atoms with Gasteiger partial charge in [0.25, 0.3) is 0 Å². The Kier molecular flexibility index (Phi) is 2.28. The van der Waals surface area contributed by atoms with Crippen LogP contribution in [0.15, 0.2) is 0 Å². The summed E-state index contributed by atoms with van der Waals surface area (Å²) in [7, 11) is 0. The second-order valence-electron chi connectivity index (χ2n) is 1.94. The summed E-state index contributed by atoms with van der Waals surface area (Å²) in [5, 5.41) is 9.62. The molecule has 2 atom stereocenters. The third-order valence-electron chi connectivity index (χ3n) is 1.26. The van der Waals surface area contributed by atoms with Crippen LogP contribution in [0.4, 0.5) is 0 Å². The van der Waals surface area contributed by atoms with E-state index in [0.717, 1.165) is 18.2 Å². The minimum Gasteiger partial charge on any atom is -0.368 e. The lowest BCUT2D eigenvalue weighted by atomic mass is 10.3. The molecule has 2 nitrogen and oxygen atoms in total. The van der Waals surface area contributed by atoms with Gasteiger partial charge >= 0.3 is 0 Å². The molecule has 1 fully saturated rings. The molecule has 0 amide bonds. The van der Waals surface area contributed by atoms with E-state index in [9.17, 15) is 0 Å². The highest BCUT2D eigenvalue weighted by molar-refractivity contribution is 9.09. The molecule has 1 aliphatic rings. The Balaban J connectivity index is 2.22. The van der Waals surface area contributed by atoms with Crippen molar-refractivity contribution < 1.29 is 9.84 Å². The van der Waals surface area contributed by atoms with Crippen LogP contribution >= 0.6 is 15.9 Å². The molecule has 1 rings (SSSR count). The molecule has 0 unspecified atom stereocenters. The summed E-state index contributed by atoms with van der Waals surface area (Å²) in [4.78, 5) is 0. The number of ether oxygens (including phenoxy) is 1. The van der Waals surface area contributed by atoms with Gasteiger partial charge < -0.3 is 9.84 Å². The lowest BCUT2D eigenvalue weighted by molar-refractivity contribution is -0.0834. The maximum Gasteiger partial charge on any atom is 0.155 e. The van der Waals surface area contributed by atoms with Gasteiger partial charge in [-0.3, -0.25) is 0 Å². The van der Waals surface area contributed by atoms with E-state index in [1.807, 2.05) is 0 Å². The number of hydrogen-bond acceptors (Lipinski definition) is 2. The van der Waals surface area contributed by atoms with Crippen LogP contribution in [-0.2, 0) is 4.74 Å². The molecular weight excluding hydrogens is 172 g/mol. The van der Waals surface area contributed by atoms with E-state index >= 15 is 0 Å². The highest BCUT2D eigenvalue weighted by atomic mass is 79.9. The highest BCUT2D eigenvalue weighted by Crippen LogP contribution is 2.18. The van der Waals surface area contributed by atoms with Gasteiger partial charge in [0.2, 0.25) is 0 Å². The van der Waals surface area contributed by atoms with Crippen molar-refractivity contribution in [1.82, 2.24) is 0 Å². The van der Waals surface area contributed by atoms with Gasteiger partial charge in [-0.15, -0.1) is 0 Å². The van der Waals surface area contributed by atoms with Crippen molar-refractivity contribution in [3.8, 4) is 0 Å². The van der Waals surface area contributed by atoms with E-state index in [-0.39, 0.29) is 6.10 Å². The van der Waals surface area contributed by atoms with Crippen LogP contribution in [0.3, 0.4) is 0 Å². The predicted octanol–water partition coefficient (Wildman–Crippen LogP) is 0.879. The van der Waals surface area contributed by atoms with Crippen molar-refractivity contribution in [3.05, 3.63) is 0 Å². The molecule has 1 aliphatic heterocycles. The summed E-state index contributed by atoms with van der Waals surface area (Å²) in [6.45, 7) is 0. The van der Waals surface area contributed by atoms with Crippen molar-refractivity contribution >= 4 is 15.9 Å². The zero-order valence-corrected chi connectivity index (χ0v) is 6.10. The summed E-state index contributed by atoms with van der Waals surface area (Å²) >= 11 is 3.27. The van der Waals surface area contributed by atoms with Crippen LogP contribution < -0.4 is 0 Å². The van der Waals surface area contributed by atoms with Crippen LogP contribution in [0.5, 0.6) is 0 Å². The number of alkyl halides is 1. The highest BCUT2D eigenvalue weighted by Gasteiger charge is 2.21. The molecule has 0 aromatic carbocycles. The second kappa shape index (κ2) is 2.80. The molecule has 0 radical (unpaired) electrons. The zero-order chi connectivity index (χ0) is 5.98. The topological polar surface area (TPSA) is 29.5 Å². The standard InChI is InChI=1S/C5H9BrO2/c6-3-4-1-2-5(7)8-4/h4-5,7H,1-3H2/t4-,5+/m0/s1. The lowest BCUT2D eigenvalue weighted by Gasteiger charge is -2.03. The summed E-state index contributed by atoms with van der Waals surface area (Å²) < 4.78 is 5.02. The summed E-state index contributed by atoms with van der Waals surface area (Å²) in [6, 6.07) is 0. The van der Waals surface area contributed by atoms with Gasteiger partial charge in [0, 0.05) is 11.8 Å². The normalized spacial score (nSPS) is 38.2. The largest absolute Gasteiger partial charge is 0.368 e. The van der Waals surface area contributed by atoms with E-state index in [1.165, 1.54) is 0 Å². The Bertz CT molecular complexity index is 76.8. The first-order chi connectivity index (χ1) is 3.83. The number of aliphatic hydroxyl groups is 1. The van der Waals surface area contributed by atoms with Gasteiger partial charge in [0.1, 0.15) is 0 Å². The third-order valence-corrected chi connectivity index (χ3v) is 1.98. The van der Waals surface area contributed by atoms with E-state index in [2.05, 4.69) is 15.9 Å². The Labute approximate surface area is 57.0 Å². The van der Waals surface area contributed by atoms with Crippen LogP contribution in [-0.4, -0.2) is 22.8 Å². The summed E-state index contributed by atoms with van der Waals surface area (Å²) in [5.41, 5.74) is 0. The Morgan fingerprint density at radius 3 is 2.62 bits per heavy atom. The van der Waals surface area contributed by atoms with Gasteiger partial charge in [-0.2, -0.15) is 0 Å². The van der Waals surface area contributed by atoms with Crippen LogP contribution in [0, 0.1) is 0 Å². The SMILES string of the molecule is O[C@H]1CC[C@@H](CBr)O1. The first-order valence-electron chi connectivity index (χ1n) is 2.72. The molecule has 0 saturated carbocycles. The van der Waals surface area contributed by atoms with E-state index in [0.29, 0.717) is 0 Å². The fourth-order valence-electron chi connectivity index (χ4n) is 0.800. The predicted molar refractivity (Wildman–Crippen MR) is 33.9 cm³/mol. The Morgan fingerprint density at radius 1 is 1.62 bits per heavy atom. The molecule has 0 aromatic heterocycles. The molecule has 8 heavy (non-hydrogen) atoms. The first-order valence-corrected chi connectivity index (χ1v) is 3.84. The second-order valence-corrected chi connectivity index (χ2v) is 2.59. The molecule has 1 heterocycles. The number of hydrogen-bond donors (Lipinski definition) is 1. The number of halogens is 1. The monoisotopic (exact) mass is 180 g/mol. The smallest absolute Gasteiger partial charge is 0.155 e. The van der Waals surface area contributed by atoms with E-state index < -0.39 is 6.29 Å². The summed E-state index contributed by atoms with van der Waals surface area (Å²) in [6.07, 6.45) is 1.51. The van der Waals surface area contributed by atoms with Gasteiger partial charge in [-0.25, -0.2) is 0 Å².